The molecule has 0 heterocycles. The van der Waals surface area contributed by atoms with Gasteiger partial charge >= 0.3 is 6.09 Å². The molecule has 1 amide bonds. The van der Waals surface area contributed by atoms with Gasteiger partial charge in [-0.3, -0.25) is 5.32 Å². The van der Waals surface area contributed by atoms with Gasteiger partial charge in [-0.1, -0.05) is 13.8 Å². The molecule has 0 aliphatic heterocycles. The van der Waals surface area contributed by atoms with Gasteiger partial charge in [-0.15, -0.1) is 11.8 Å². The number of aliphatic hydroxyl groups is 1. The fraction of sp³-hybridized carbons (Fsp3) is 0.350. The van der Waals surface area contributed by atoms with Gasteiger partial charge in [-0.2, -0.15) is 0 Å². The quantitative estimate of drug-likeness (QED) is 0.349. The average molecular weight is 501 g/mol. The molecule has 2 aromatic carbocycles. The Hall–Kier alpha value is -1.45. The number of aliphatic hydroxyl groups excluding tert-OH is 1. The monoisotopic (exact) mass is 501 g/mol. The maximum atomic E-state index is 12.5. The number of rotatable bonds is 7. The van der Waals surface area contributed by atoms with E-state index < -0.39 is 17.6 Å². The van der Waals surface area contributed by atoms with Crippen molar-refractivity contribution in [2.24, 2.45) is 5.41 Å². The van der Waals surface area contributed by atoms with E-state index >= 15 is 0 Å². The highest BCUT2D eigenvalue weighted by molar-refractivity contribution is 14.1. The summed E-state index contributed by atoms with van der Waals surface area (Å²) in [6.07, 6.45) is 1.07. The zero-order valence-corrected chi connectivity index (χ0v) is 18.5. The Morgan fingerprint density at radius 1 is 1.26 bits per heavy atom. The lowest BCUT2D eigenvalue weighted by molar-refractivity contribution is 0.0138. The van der Waals surface area contributed by atoms with Crippen LogP contribution in [0, 0.1) is 8.99 Å². The van der Waals surface area contributed by atoms with Gasteiger partial charge in [0.25, 0.3) is 0 Å². The van der Waals surface area contributed by atoms with E-state index in [9.17, 15) is 15.0 Å². The zero-order valence-electron chi connectivity index (χ0n) is 15.5. The van der Waals surface area contributed by atoms with E-state index in [1.54, 1.807) is 30.0 Å². The van der Waals surface area contributed by atoms with E-state index in [0.717, 1.165) is 8.47 Å². The number of hydrogen-bond acceptors (Lipinski definition) is 5. The Morgan fingerprint density at radius 3 is 2.52 bits per heavy atom. The zero-order chi connectivity index (χ0) is 20.0. The number of hydrogen-bond donors (Lipinski definition) is 3. The SMILES string of the molecule is CSc1ccc(NC(=O)O[C@H](c2cc(I)ccc2O)C(C)(C)CCO)cc1. The summed E-state index contributed by atoms with van der Waals surface area (Å²) in [6.45, 7) is 3.75. The van der Waals surface area contributed by atoms with Gasteiger partial charge in [-0.25, -0.2) is 4.79 Å². The van der Waals surface area contributed by atoms with E-state index in [0.29, 0.717) is 17.7 Å². The topological polar surface area (TPSA) is 78.8 Å². The molecule has 0 aliphatic carbocycles. The third-order valence-electron chi connectivity index (χ3n) is 4.30. The molecule has 0 fully saturated rings. The van der Waals surface area contributed by atoms with Gasteiger partial charge < -0.3 is 14.9 Å². The number of nitrogens with one attached hydrogen (secondary N) is 1. The molecule has 0 saturated heterocycles. The van der Waals surface area contributed by atoms with Gasteiger partial charge in [-0.05, 0) is 77.7 Å². The second-order valence-electron chi connectivity index (χ2n) is 6.80. The van der Waals surface area contributed by atoms with Crippen molar-refractivity contribution in [2.75, 3.05) is 18.2 Å². The van der Waals surface area contributed by atoms with E-state index in [4.69, 9.17) is 4.74 Å². The van der Waals surface area contributed by atoms with Gasteiger partial charge in [0.1, 0.15) is 11.9 Å². The second-order valence-corrected chi connectivity index (χ2v) is 8.93. The molecule has 0 bridgehead atoms. The fourth-order valence-corrected chi connectivity index (χ4v) is 3.65. The van der Waals surface area contributed by atoms with Gasteiger partial charge in [0.15, 0.2) is 0 Å². The summed E-state index contributed by atoms with van der Waals surface area (Å²) in [5.74, 6) is 0.0588. The first-order valence-corrected chi connectivity index (χ1v) is 10.8. The van der Waals surface area contributed by atoms with Crippen molar-refractivity contribution in [3.63, 3.8) is 0 Å². The van der Waals surface area contributed by atoms with Crippen LogP contribution in [-0.4, -0.2) is 29.2 Å². The lowest BCUT2D eigenvalue weighted by atomic mass is 9.79. The molecule has 27 heavy (non-hydrogen) atoms. The summed E-state index contributed by atoms with van der Waals surface area (Å²) in [4.78, 5) is 13.6. The first-order valence-electron chi connectivity index (χ1n) is 8.48. The van der Waals surface area contributed by atoms with Crippen LogP contribution in [0.1, 0.15) is 31.9 Å². The molecule has 3 N–H and O–H groups in total. The molecule has 1 atom stereocenters. The number of ether oxygens (including phenoxy) is 1. The first kappa shape index (κ1) is 21.8. The van der Waals surface area contributed by atoms with Crippen LogP contribution in [0.2, 0.25) is 0 Å². The number of thioether (sulfide) groups is 1. The van der Waals surface area contributed by atoms with Crippen molar-refractivity contribution >= 4 is 46.1 Å². The Balaban J connectivity index is 2.25. The third kappa shape index (κ3) is 6.02. The average Bonchev–Trinajstić information content (AvgIpc) is 2.62. The van der Waals surface area contributed by atoms with Crippen LogP contribution >= 0.6 is 34.4 Å². The minimum atomic E-state index is -0.718. The molecule has 0 saturated carbocycles. The van der Waals surface area contributed by atoms with Gasteiger partial charge in [0, 0.05) is 31.7 Å². The maximum Gasteiger partial charge on any atom is 0.412 e. The van der Waals surface area contributed by atoms with Gasteiger partial charge in [0.2, 0.25) is 0 Å². The normalized spacial score (nSPS) is 12.5. The van der Waals surface area contributed by atoms with Crippen LogP contribution in [-0.2, 0) is 4.74 Å². The molecule has 2 rings (SSSR count). The molecule has 0 radical (unpaired) electrons. The molecule has 5 nitrogen and oxygen atoms in total. The van der Waals surface area contributed by atoms with E-state index in [1.807, 2.05) is 44.4 Å². The molecular formula is C20H24INO4S. The maximum absolute atomic E-state index is 12.5. The number of phenolic OH excluding ortho intramolecular Hbond substituents is 1. The Bertz CT molecular complexity index is 780. The minimum absolute atomic E-state index is 0.0463. The summed E-state index contributed by atoms with van der Waals surface area (Å²) in [7, 11) is 0. The highest BCUT2D eigenvalue weighted by Crippen LogP contribution is 2.43. The number of anilines is 1. The predicted molar refractivity (Wildman–Crippen MR) is 117 cm³/mol. The van der Waals surface area contributed by atoms with Crippen molar-refractivity contribution < 1.29 is 19.7 Å². The first-order chi connectivity index (χ1) is 12.8. The standard InChI is InChI=1S/C20H24INO4S/c1-20(2,10-11-23)18(16-12-13(21)4-9-17(16)24)26-19(25)22-14-5-7-15(27-3)8-6-14/h4-9,12,18,23-24H,10-11H2,1-3H3,(H,22,25)/t18-/m1/s1. The molecule has 7 heteroatoms. The van der Waals surface area contributed by atoms with Crippen LogP contribution in [0.4, 0.5) is 10.5 Å². The highest BCUT2D eigenvalue weighted by Gasteiger charge is 2.35. The molecule has 0 aliphatic rings. The summed E-state index contributed by atoms with van der Waals surface area (Å²) in [5.41, 5.74) is 0.577. The van der Waals surface area contributed by atoms with Crippen LogP contribution in [0.5, 0.6) is 5.75 Å². The van der Waals surface area contributed by atoms with Crippen molar-refractivity contribution in [3.8, 4) is 5.75 Å². The number of aromatic hydroxyl groups is 1. The number of amides is 1. The Labute approximate surface area is 177 Å². The number of benzene rings is 2. The number of carbonyl (C=O) groups excluding carboxylic acids is 1. The smallest absolute Gasteiger partial charge is 0.412 e. The predicted octanol–water partition coefficient (Wildman–Crippen LogP) is 5.42. The highest BCUT2D eigenvalue weighted by atomic mass is 127. The molecule has 2 aromatic rings. The van der Waals surface area contributed by atoms with Crippen LogP contribution in [0.15, 0.2) is 47.4 Å². The summed E-state index contributed by atoms with van der Waals surface area (Å²) in [6, 6.07) is 12.6. The number of phenols is 1. The summed E-state index contributed by atoms with van der Waals surface area (Å²) >= 11 is 3.77. The molecule has 0 aromatic heterocycles. The largest absolute Gasteiger partial charge is 0.508 e. The van der Waals surface area contributed by atoms with E-state index in [2.05, 4.69) is 27.9 Å². The number of halogens is 1. The van der Waals surface area contributed by atoms with E-state index in [-0.39, 0.29) is 12.4 Å². The molecule has 0 spiro atoms. The van der Waals surface area contributed by atoms with Gasteiger partial charge in [0.05, 0.1) is 0 Å². The van der Waals surface area contributed by atoms with Crippen molar-refractivity contribution in [2.45, 2.75) is 31.3 Å². The van der Waals surface area contributed by atoms with Crippen molar-refractivity contribution in [1.82, 2.24) is 0 Å². The fourth-order valence-electron chi connectivity index (χ4n) is 2.73. The van der Waals surface area contributed by atoms with Crippen molar-refractivity contribution in [3.05, 3.63) is 51.6 Å². The van der Waals surface area contributed by atoms with Crippen LogP contribution in [0.3, 0.4) is 0 Å². The van der Waals surface area contributed by atoms with Crippen LogP contribution < -0.4 is 5.32 Å². The summed E-state index contributed by atoms with van der Waals surface area (Å²) < 4.78 is 6.64. The minimum Gasteiger partial charge on any atom is -0.508 e. The Morgan fingerprint density at radius 2 is 1.93 bits per heavy atom. The molecule has 146 valence electrons. The number of carbonyl (C=O) groups is 1. The molecule has 0 unspecified atom stereocenters. The Kier molecular flexibility index (Phi) is 7.81. The van der Waals surface area contributed by atoms with Crippen molar-refractivity contribution in [1.29, 1.82) is 0 Å². The van der Waals surface area contributed by atoms with Crippen LogP contribution in [0.25, 0.3) is 0 Å². The third-order valence-corrected chi connectivity index (χ3v) is 5.71. The van der Waals surface area contributed by atoms with E-state index in [1.165, 1.54) is 0 Å². The lowest BCUT2D eigenvalue weighted by Crippen LogP contribution is -2.30. The molecular weight excluding hydrogens is 477 g/mol. The lowest BCUT2D eigenvalue weighted by Gasteiger charge is -2.34. The summed E-state index contributed by atoms with van der Waals surface area (Å²) in [5, 5.41) is 22.5. The second kappa shape index (κ2) is 9.66.